The van der Waals surface area contributed by atoms with Crippen LogP contribution in [0.5, 0.6) is 5.75 Å². The van der Waals surface area contributed by atoms with E-state index in [-0.39, 0.29) is 0 Å². The molecule has 0 saturated heterocycles. The number of rotatable bonds is 5. The Morgan fingerprint density at radius 2 is 0.722 bits per heavy atom. The number of aromatic nitrogens is 1. The zero-order chi connectivity index (χ0) is 36.3. The van der Waals surface area contributed by atoms with E-state index in [4.69, 9.17) is 3.79 Å². The highest BCUT2D eigenvalue weighted by Crippen LogP contribution is 2.38. The molecule has 1 heterocycles. The minimum Gasteiger partial charge on any atom is -0.649 e. The number of hydrogen-bond donors (Lipinski definition) is 0. The number of hydrogen-bond acceptors (Lipinski definition) is 2. The summed E-state index contributed by atoms with van der Waals surface area (Å²) in [5, 5.41) is 8.94. The van der Waals surface area contributed by atoms with Crippen LogP contribution < -0.4 is 3.79 Å². The van der Waals surface area contributed by atoms with Crippen molar-refractivity contribution in [1.82, 2.24) is 4.98 Å². The van der Waals surface area contributed by atoms with Crippen molar-refractivity contribution in [2.24, 2.45) is 0 Å². The minimum atomic E-state index is 0.839. The summed E-state index contributed by atoms with van der Waals surface area (Å²) < 4.78 is 5.19. The second kappa shape index (κ2) is 14.9. The molecule has 0 bridgehead atoms. The van der Waals surface area contributed by atoms with E-state index in [1.807, 2.05) is 30.3 Å². The highest BCUT2D eigenvalue weighted by Gasteiger charge is 2.11. The number of pyridine rings is 1. The Bertz CT molecular complexity index is 2880. The van der Waals surface area contributed by atoms with E-state index in [9.17, 15) is 0 Å². The molecule has 1 aromatic heterocycles. The normalized spacial score (nSPS) is 11.0. The third-order valence-corrected chi connectivity index (χ3v) is 10.5. The van der Waals surface area contributed by atoms with Crippen LogP contribution >= 0.6 is 0 Å². The van der Waals surface area contributed by atoms with E-state index >= 15 is 0 Å². The average molecular weight is 705 g/mol. The van der Waals surface area contributed by atoms with Crippen molar-refractivity contribution in [2.45, 2.75) is 0 Å². The Hall–Kier alpha value is -6.50. The van der Waals surface area contributed by atoms with Crippen molar-refractivity contribution in [2.75, 3.05) is 0 Å². The fourth-order valence-electron chi connectivity index (χ4n) is 7.52. The molecule has 0 aliphatic carbocycles. The van der Waals surface area contributed by atoms with Gasteiger partial charge in [0.05, 0.1) is 0 Å². The van der Waals surface area contributed by atoms with Crippen molar-refractivity contribution in [3.8, 4) is 50.3 Å². The Labute approximate surface area is 323 Å². The maximum atomic E-state index is 5.19. The second-order valence-corrected chi connectivity index (χ2v) is 13.7. The van der Waals surface area contributed by atoms with Crippen LogP contribution in [-0.4, -0.2) is 21.6 Å². The van der Waals surface area contributed by atoms with Crippen LogP contribution in [0.3, 0.4) is 0 Å². The van der Waals surface area contributed by atoms with Crippen LogP contribution in [0.25, 0.3) is 87.7 Å². The molecule has 0 fully saturated rings. The van der Waals surface area contributed by atoms with Crippen LogP contribution in [-0.2, 0) is 0 Å². The van der Waals surface area contributed by atoms with Crippen molar-refractivity contribution in [3.63, 3.8) is 0 Å². The van der Waals surface area contributed by atoms with E-state index in [0.29, 0.717) is 0 Å². The zero-order valence-electron chi connectivity index (χ0n) is 29.7. The predicted octanol–water partition coefficient (Wildman–Crippen LogP) is 13.2. The molecular formula is C51H35AlNO. The lowest BCUT2D eigenvalue weighted by Gasteiger charge is -2.13. The van der Waals surface area contributed by atoms with Gasteiger partial charge in [-0.25, -0.2) is 0 Å². The molecule has 0 unspecified atom stereocenters. The highest BCUT2D eigenvalue weighted by molar-refractivity contribution is 6.25. The Morgan fingerprint density at radius 1 is 0.315 bits per heavy atom. The molecule has 3 heteroatoms. The Balaban J connectivity index is 0.000000272. The minimum absolute atomic E-state index is 0.839. The lowest BCUT2D eigenvalue weighted by Crippen LogP contribution is -1.87. The summed E-state index contributed by atoms with van der Waals surface area (Å²) in [4.78, 5) is 4.23. The molecule has 0 aliphatic rings. The molecule has 0 amide bonds. The third kappa shape index (κ3) is 6.53. The van der Waals surface area contributed by atoms with Gasteiger partial charge in [0, 0.05) is 11.6 Å². The van der Waals surface area contributed by atoms with Crippen LogP contribution in [0.2, 0.25) is 0 Å². The van der Waals surface area contributed by atoms with Crippen molar-refractivity contribution < 1.29 is 3.79 Å². The quantitative estimate of drug-likeness (QED) is 0.131. The summed E-state index contributed by atoms with van der Waals surface area (Å²) in [6.07, 6.45) is 1.77. The summed E-state index contributed by atoms with van der Waals surface area (Å²) in [6, 6.07) is 71.5. The molecular weight excluding hydrogens is 670 g/mol. The predicted molar refractivity (Wildman–Crippen MR) is 230 cm³/mol. The van der Waals surface area contributed by atoms with Crippen molar-refractivity contribution in [3.05, 3.63) is 206 Å². The van der Waals surface area contributed by atoms with E-state index in [1.54, 1.807) is 6.20 Å². The van der Waals surface area contributed by atoms with Gasteiger partial charge in [-0.15, -0.1) is 0 Å². The molecule has 10 rings (SSSR count). The van der Waals surface area contributed by atoms with Gasteiger partial charge in [-0.2, -0.15) is 0 Å². The topological polar surface area (TPSA) is 22.1 Å². The van der Waals surface area contributed by atoms with Gasteiger partial charge in [0.1, 0.15) is 11.3 Å². The van der Waals surface area contributed by atoms with Gasteiger partial charge in [-0.3, -0.25) is 4.98 Å². The van der Waals surface area contributed by atoms with E-state index in [2.05, 4.69) is 175 Å². The maximum Gasteiger partial charge on any atom is 0.494 e. The second-order valence-electron chi connectivity index (χ2n) is 13.4. The highest BCUT2D eigenvalue weighted by atomic mass is 27.1. The van der Waals surface area contributed by atoms with Gasteiger partial charge < -0.3 is 3.79 Å². The molecule has 10 aromatic rings. The van der Waals surface area contributed by atoms with Gasteiger partial charge in [-0.05, 0) is 107 Å². The molecule has 54 heavy (non-hydrogen) atoms. The van der Waals surface area contributed by atoms with Crippen molar-refractivity contribution >= 4 is 59.8 Å². The Morgan fingerprint density at radius 3 is 1.31 bits per heavy atom. The van der Waals surface area contributed by atoms with Crippen LogP contribution in [0.15, 0.2) is 206 Å². The first-order valence-electron chi connectivity index (χ1n) is 18.2. The largest absolute Gasteiger partial charge is 0.649 e. The molecule has 1 radical (unpaired) electrons. The summed E-state index contributed by atoms with van der Waals surface area (Å²) in [5.41, 5.74) is 10.8. The third-order valence-electron chi connectivity index (χ3n) is 10.2. The van der Waals surface area contributed by atoms with E-state index in [1.165, 1.54) is 93.4 Å². The fourth-order valence-corrected chi connectivity index (χ4v) is 7.76. The van der Waals surface area contributed by atoms with Gasteiger partial charge in [-0.1, -0.05) is 170 Å². The molecule has 0 N–H and O–H groups in total. The smallest absolute Gasteiger partial charge is 0.494 e. The Kier molecular flexibility index (Phi) is 9.17. The zero-order valence-corrected chi connectivity index (χ0v) is 31.1. The van der Waals surface area contributed by atoms with Gasteiger partial charge in [0.2, 0.25) is 0 Å². The summed E-state index contributed by atoms with van der Waals surface area (Å²) in [7, 11) is 0. The summed E-state index contributed by atoms with van der Waals surface area (Å²) >= 11 is 1.47. The van der Waals surface area contributed by atoms with Gasteiger partial charge in [0.25, 0.3) is 0 Å². The van der Waals surface area contributed by atoms with Crippen LogP contribution in [0.4, 0.5) is 0 Å². The number of nitrogens with zero attached hydrogens (tertiary/aromatic N) is 1. The first kappa shape index (κ1) is 33.3. The molecule has 253 valence electrons. The lowest BCUT2D eigenvalue weighted by atomic mass is 9.91. The average Bonchev–Trinajstić information content (AvgIpc) is 3.27. The van der Waals surface area contributed by atoms with Gasteiger partial charge in [0.15, 0.2) is 0 Å². The summed E-state index contributed by atoms with van der Waals surface area (Å²) in [5.74, 6) is 0.839. The van der Waals surface area contributed by atoms with Crippen LogP contribution in [0.1, 0.15) is 0 Å². The maximum absolute atomic E-state index is 5.19. The number of para-hydroxylation sites is 1. The SMILES string of the molecule is [AlH][O]c1cccc2cccnc12.c1ccc(-c2ccc(-c3cccc(-c4cccc(-c5ccc6c7ccccc7c7ccccc7c6c5)c4)c3)cc2)cc1. The number of fused-ring (bicyclic) bond motifs is 7. The molecule has 0 aliphatic heterocycles. The van der Waals surface area contributed by atoms with Crippen molar-refractivity contribution in [1.29, 1.82) is 0 Å². The lowest BCUT2D eigenvalue weighted by molar-refractivity contribution is 0.622. The number of benzene rings is 9. The molecule has 2 nitrogen and oxygen atoms in total. The molecule has 0 spiro atoms. The van der Waals surface area contributed by atoms with Crippen LogP contribution in [0, 0.1) is 0 Å². The first-order valence-corrected chi connectivity index (χ1v) is 18.8. The van der Waals surface area contributed by atoms with E-state index < -0.39 is 0 Å². The molecule has 9 aromatic carbocycles. The van der Waals surface area contributed by atoms with E-state index in [0.717, 1.165) is 16.7 Å². The first-order chi connectivity index (χ1) is 26.7. The molecule has 0 atom stereocenters. The standard InChI is InChI=1S/C42H28.C9H7NO.Al.H/c1-2-10-29(11-3-1)30-20-22-31(23-21-30)32-12-8-13-33(26-32)34-14-9-15-35(27-34)36-24-25-41-39-18-5-4-16-37(39)38-17-6-7-19-40(38)42(41)28-36;11-8-5-1-3-7-4-2-6-10-9(7)8;;/h1-28H;1-6,11H;;/q;;+1;/p-1. The fraction of sp³-hybridized carbons (Fsp3) is 0. The summed E-state index contributed by atoms with van der Waals surface area (Å²) in [6.45, 7) is 0. The molecule has 0 saturated carbocycles. The van der Waals surface area contributed by atoms with Gasteiger partial charge >= 0.3 is 16.6 Å². The monoisotopic (exact) mass is 704 g/mol.